The van der Waals surface area contributed by atoms with Gasteiger partial charge in [-0.3, -0.25) is 0 Å². The summed E-state index contributed by atoms with van der Waals surface area (Å²) >= 11 is 1.80. The molecule has 0 saturated carbocycles. The van der Waals surface area contributed by atoms with Gasteiger partial charge in [-0.05, 0) is 49.1 Å². The van der Waals surface area contributed by atoms with Crippen molar-refractivity contribution in [3.8, 4) is 0 Å². The number of thiophene rings is 1. The normalized spacial score (nSPS) is 20.2. The van der Waals surface area contributed by atoms with Crippen molar-refractivity contribution in [2.75, 3.05) is 6.61 Å². The molecule has 14 heavy (non-hydrogen) atoms. The first-order valence-corrected chi connectivity index (χ1v) is 6.02. The van der Waals surface area contributed by atoms with Gasteiger partial charge in [0.1, 0.15) is 0 Å². The maximum absolute atomic E-state index is 9.25. The summed E-state index contributed by atoms with van der Waals surface area (Å²) in [5.74, 6) is 0. The summed E-state index contributed by atoms with van der Waals surface area (Å²) < 4.78 is 0. The lowest BCUT2D eigenvalue weighted by Gasteiger charge is -2.24. The minimum atomic E-state index is -0.554. The van der Waals surface area contributed by atoms with Crippen LogP contribution in [-0.4, -0.2) is 11.7 Å². The molecule has 1 aliphatic rings. The first-order valence-electron chi connectivity index (χ1n) is 5.14. The van der Waals surface area contributed by atoms with Gasteiger partial charge in [-0.25, -0.2) is 0 Å². The molecule has 2 rings (SSSR count). The molecule has 0 radical (unpaired) electrons. The topological polar surface area (TPSA) is 46.2 Å². The van der Waals surface area contributed by atoms with Crippen LogP contribution in [0.1, 0.15) is 35.8 Å². The molecule has 0 amide bonds. The Kier molecular flexibility index (Phi) is 2.64. The molecule has 1 atom stereocenters. The Morgan fingerprint density at radius 3 is 2.93 bits per heavy atom. The third-order valence-electron chi connectivity index (χ3n) is 3.01. The van der Waals surface area contributed by atoms with Crippen LogP contribution >= 0.6 is 11.3 Å². The van der Waals surface area contributed by atoms with Crippen LogP contribution in [0.5, 0.6) is 0 Å². The van der Waals surface area contributed by atoms with Crippen molar-refractivity contribution < 1.29 is 5.11 Å². The first kappa shape index (κ1) is 10.1. The number of aliphatic hydroxyl groups is 1. The van der Waals surface area contributed by atoms with E-state index in [-0.39, 0.29) is 6.61 Å². The van der Waals surface area contributed by atoms with E-state index in [0.717, 1.165) is 6.42 Å². The Morgan fingerprint density at radius 2 is 2.21 bits per heavy atom. The fourth-order valence-corrected chi connectivity index (χ4v) is 3.35. The molecule has 0 fully saturated rings. The summed E-state index contributed by atoms with van der Waals surface area (Å²) in [7, 11) is 0. The van der Waals surface area contributed by atoms with Gasteiger partial charge in [-0.1, -0.05) is 0 Å². The Labute approximate surface area is 88.8 Å². The van der Waals surface area contributed by atoms with Crippen LogP contribution in [-0.2, 0) is 18.4 Å². The van der Waals surface area contributed by atoms with Crippen LogP contribution < -0.4 is 5.73 Å². The van der Waals surface area contributed by atoms with Crippen LogP contribution in [0.15, 0.2) is 5.38 Å². The van der Waals surface area contributed by atoms with Crippen LogP contribution in [0.2, 0.25) is 0 Å². The molecule has 0 aliphatic heterocycles. The zero-order valence-electron chi connectivity index (χ0n) is 8.55. The fraction of sp³-hybridized carbons (Fsp3) is 0.636. The molecule has 3 N–H and O–H groups in total. The molecule has 0 aromatic carbocycles. The van der Waals surface area contributed by atoms with E-state index >= 15 is 0 Å². The summed E-state index contributed by atoms with van der Waals surface area (Å²) in [6.07, 6.45) is 4.90. The van der Waals surface area contributed by atoms with Crippen molar-refractivity contribution in [1.82, 2.24) is 0 Å². The number of fused-ring (bicyclic) bond motifs is 1. The largest absolute Gasteiger partial charge is 0.394 e. The highest BCUT2D eigenvalue weighted by Crippen LogP contribution is 2.34. The molecule has 1 heterocycles. The number of aryl methyl sites for hydroxylation is 1. The fourth-order valence-electron chi connectivity index (χ4n) is 2.06. The van der Waals surface area contributed by atoms with Crippen LogP contribution in [0.3, 0.4) is 0 Å². The van der Waals surface area contributed by atoms with Crippen molar-refractivity contribution in [2.45, 2.75) is 38.1 Å². The molecular weight excluding hydrogens is 194 g/mol. The monoisotopic (exact) mass is 211 g/mol. The number of aliphatic hydroxyl groups excluding tert-OH is 1. The van der Waals surface area contributed by atoms with Gasteiger partial charge in [-0.2, -0.15) is 0 Å². The summed E-state index contributed by atoms with van der Waals surface area (Å²) in [5.41, 5.74) is 8.09. The standard InChI is InChI=1S/C11H17NOS/c1-11(12,7-13)9-6-14-10-5-3-2-4-8(9)10/h6,13H,2-5,7,12H2,1H3. The van der Waals surface area contributed by atoms with Crippen molar-refractivity contribution in [3.63, 3.8) is 0 Å². The zero-order chi connectivity index (χ0) is 10.2. The van der Waals surface area contributed by atoms with Gasteiger partial charge in [0.15, 0.2) is 0 Å². The van der Waals surface area contributed by atoms with Crippen molar-refractivity contribution in [1.29, 1.82) is 0 Å². The summed E-state index contributed by atoms with van der Waals surface area (Å²) in [4.78, 5) is 1.48. The predicted octanol–water partition coefficient (Wildman–Crippen LogP) is 1.79. The van der Waals surface area contributed by atoms with Crippen LogP contribution in [0.25, 0.3) is 0 Å². The molecule has 0 spiro atoms. The van der Waals surface area contributed by atoms with E-state index in [4.69, 9.17) is 5.73 Å². The lowest BCUT2D eigenvalue weighted by Crippen LogP contribution is -2.37. The predicted molar refractivity (Wildman–Crippen MR) is 59.6 cm³/mol. The second kappa shape index (κ2) is 3.65. The molecule has 3 heteroatoms. The van der Waals surface area contributed by atoms with Gasteiger partial charge < -0.3 is 10.8 Å². The number of rotatable bonds is 2. The average Bonchev–Trinajstić information content (AvgIpc) is 2.61. The minimum Gasteiger partial charge on any atom is -0.394 e. The van der Waals surface area contributed by atoms with Crippen LogP contribution in [0.4, 0.5) is 0 Å². The first-order chi connectivity index (χ1) is 6.65. The van der Waals surface area contributed by atoms with E-state index in [0.29, 0.717) is 0 Å². The molecule has 1 aromatic rings. The highest BCUT2D eigenvalue weighted by molar-refractivity contribution is 7.10. The number of nitrogens with two attached hydrogens (primary N) is 1. The van der Waals surface area contributed by atoms with Gasteiger partial charge in [0.05, 0.1) is 12.1 Å². The summed E-state index contributed by atoms with van der Waals surface area (Å²) in [6, 6.07) is 0. The maximum Gasteiger partial charge on any atom is 0.0650 e. The number of hydrogen-bond acceptors (Lipinski definition) is 3. The van der Waals surface area contributed by atoms with E-state index in [1.165, 1.54) is 35.3 Å². The number of hydrogen-bond donors (Lipinski definition) is 2. The lowest BCUT2D eigenvalue weighted by atomic mass is 9.87. The smallest absolute Gasteiger partial charge is 0.0650 e. The van der Waals surface area contributed by atoms with E-state index in [1.807, 2.05) is 6.92 Å². The molecule has 0 bridgehead atoms. The molecule has 1 aliphatic carbocycles. The molecule has 78 valence electrons. The minimum absolute atomic E-state index is 0.0240. The quantitative estimate of drug-likeness (QED) is 0.783. The van der Waals surface area contributed by atoms with E-state index < -0.39 is 5.54 Å². The third-order valence-corrected chi connectivity index (χ3v) is 4.09. The Hall–Kier alpha value is -0.380. The maximum atomic E-state index is 9.25. The van der Waals surface area contributed by atoms with E-state index in [1.54, 1.807) is 11.3 Å². The van der Waals surface area contributed by atoms with Gasteiger partial charge in [0.25, 0.3) is 0 Å². The third kappa shape index (κ3) is 1.60. The second-order valence-electron chi connectivity index (χ2n) is 4.33. The van der Waals surface area contributed by atoms with Crippen LogP contribution in [0, 0.1) is 0 Å². The van der Waals surface area contributed by atoms with Crippen molar-refractivity contribution in [3.05, 3.63) is 21.4 Å². The lowest BCUT2D eigenvalue weighted by molar-refractivity contribution is 0.209. The Bertz CT molecular complexity index is 330. The molecule has 1 aromatic heterocycles. The highest BCUT2D eigenvalue weighted by atomic mass is 32.1. The second-order valence-corrected chi connectivity index (χ2v) is 5.30. The van der Waals surface area contributed by atoms with Gasteiger partial charge in [-0.15, -0.1) is 11.3 Å². The Balaban J connectivity index is 2.39. The van der Waals surface area contributed by atoms with E-state index in [9.17, 15) is 5.11 Å². The molecule has 1 unspecified atom stereocenters. The van der Waals surface area contributed by atoms with Gasteiger partial charge in [0, 0.05) is 4.88 Å². The highest BCUT2D eigenvalue weighted by Gasteiger charge is 2.27. The molecule has 2 nitrogen and oxygen atoms in total. The van der Waals surface area contributed by atoms with Crippen molar-refractivity contribution in [2.24, 2.45) is 5.73 Å². The summed E-state index contributed by atoms with van der Waals surface area (Å²) in [5, 5.41) is 11.4. The van der Waals surface area contributed by atoms with Gasteiger partial charge in [0.2, 0.25) is 0 Å². The van der Waals surface area contributed by atoms with Crippen molar-refractivity contribution >= 4 is 11.3 Å². The SMILES string of the molecule is CC(N)(CO)c1csc2c1CCCC2. The van der Waals surface area contributed by atoms with E-state index in [2.05, 4.69) is 5.38 Å². The molecular formula is C11H17NOS. The average molecular weight is 211 g/mol. The van der Waals surface area contributed by atoms with Gasteiger partial charge >= 0.3 is 0 Å². The molecule has 0 saturated heterocycles. The summed E-state index contributed by atoms with van der Waals surface area (Å²) in [6.45, 7) is 1.93. The Morgan fingerprint density at radius 1 is 1.50 bits per heavy atom. The zero-order valence-corrected chi connectivity index (χ0v) is 9.36.